The third kappa shape index (κ3) is 3.52. The van der Waals surface area contributed by atoms with Crippen LogP contribution in [0.25, 0.3) is 11.4 Å². The average molecular weight is 369 g/mol. The molecule has 1 aromatic carbocycles. The van der Waals surface area contributed by atoms with Crippen molar-refractivity contribution in [3.63, 3.8) is 0 Å². The number of carboxylic acid groups (broad SMARTS) is 1. The second kappa shape index (κ2) is 7.40. The van der Waals surface area contributed by atoms with Crippen molar-refractivity contribution in [1.29, 1.82) is 0 Å². The van der Waals surface area contributed by atoms with Crippen LogP contribution in [0.3, 0.4) is 0 Å². The predicted octanol–water partition coefficient (Wildman–Crippen LogP) is 2.06. The molecule has 0 spiro atoms. The highest BCUT2D eigenvalue weighted by atomic mass is 16.5. The van der Waals surface area contributed by atoms with Crippen LogP contribution in [0.4, 0.5) is 16.3 Å². The van der Waals surface area contributed by atoms with Crippen molar-refractivity contribution in [2.45, 2.75) is 13.0 Å². The lowest BCUT2D eigenvalue weighted by Gasteiger charge is -2.33. The quantitative estimate of drug-likeness (QED) is 0.856. The largest absolute Gasteiger partial charge is 0.465 e. The highest BCUT2D eigenvalue weighted by Gasteiger charge is 2.28. The van der Waals surface area contributed by atoms with Crippen LogP contribution in [0, 0.1) is 0 Å². The molecule has 0 aliphatic carbocycles. The number of fused-ring (bicyclic) bond motifs is 1. The van der Waals surface area contributed by atoms with Gasteiger partial charge in [-0.25, -0.2) is 14.8 Å². The molecular weight excluding hydrogens is 346 g/mol. The van der Waals surface area contributed by atoms with Gasteiger partial charge in [0.15, 0.2) is 5.82 Å². The van der Waals surface area contributed by atoms with Crippen LogP contribution in [-0.4, -0.2) is 66.0 Å². The van der Waals surface area contributed by atoms with Gasteiger partial charge in [0.05, 0.1) is 25.5 Å². The number of ether oxygens (including phenoxy) is 1. The van der Waals surface area contributed by atoms with E-state index < -0.39 is 6.09 Å². The summed E-state index contributed by atoms with van der Waals surface area (Å²) in [5.41, 5.74) is 3.79. The molecule has 0 radical (unpaired) electrons. The standard InChI is InChI=1S/C19H23N5O3/c1-20-14-4-2-13(3-5-14)17-21-16-12-24(19(25)26)7-6-15(16)18(22-17)23-8-10-27-11-9-23/h2-5,20H,6-12H2,1H3,(H,25,26). The number of hydrogen-bond donors (Lipinski definition) is 2. The van der Waals surface area contributed by atoms with E-state index in [1.807, 2.05) is 31.3 Å². The fraction of sp³-hybridized carbons (Fsp3) is 0.421. The van der Waals surface area contributed by atoms with Gasteiger partial charge in [0.2, 0.25) is 0 Å². The number of aromatic nitrogens is 2. The second-order valence-corrected chi connectivity index (χ2v) is 6.68. The Bertz CT molecular complexity index is 834. The van der Waals surface area contributed by atoms with Crippen molar-refractivity contribution < 1.29 is 14.6 Å². The number of nitrogens with one attached hydrogen (secondary N) is 1. The first-order valence-corrected chi connectivity index (χ1v) is 9.14. The number of carbonyl (C=O) groups is 1. The zero-order valence-corrected chi connectivity index (χ0v) is 15.3. The number of hydrogen-bond acceptors (Lipinski definition) is 6. The molecule has 2 N–H and O–H groups in total. The summed E-state index contributed by atoms with van der Waals surface area (Å²) >= 11 is 0. The lowest BCUT2D eigenvalue weighted by Crippen LogP contribution is -2.40. The molecule has 0 atom stereocenters. The van der Waals surface area contributed by atoms with Gasteiger partial charge in [0.1, 0.15) is 5.82 Å². The lowest BCUT2D eigenvalue weighted by atomic mass is 10.0. The number of rotatable bonds is 3. The van der Waals surface area contributed by atoms with Crippen molar-refractivity contribution in [2.24, 2.45) is 0 Å². The number of morpholine rings is 1. The summed E-state index contributed by atoms with van der Waals surface area (Å²) < 4.78 is 5.48. The third-order valence-electron chi connectivity index (χ3n) is 5.06. The molecule has 1 saturated heterocycles. The summed E-state index contributed by atoms with van der Waals surface area (Å²) in [6.45, 7) is 3.68. The van der Waals surface area contributed by atoms with Gasteiger partial charge in [-0.05, 0) is 30.7 Å². The Morgan fingerprint density at radius 3 is 2.56 bits per heavy atom. The maximum atomic E-state index is 11.4. The highest BCUT2D eigenvalue weighted by Crippen LogP contribution is 2.30. The molecule has 0 unspecified atom stereocenters. The van der Waals surface area contributed by atoms with Crippen LogP contribution in [0.1, 0.15) is 11.3 Å². The van der Waals surface area contributed by atoms with Gasteiger partial charge in [-0.2, -0.15) is 0 Å². The fourth-order valence-electron chi connectivity index (χ4n) is 3.53. The minimum Gasteiger partial charge on any atom is -0.465 e. The number of nitrogens with zero attached hydrogens (tertiary/aromatic N) is 4. The lowest BCUT2D eigenvalue weighted by molar-refractivity contribution is 0.122. The summed E-state index contributed by atoms with van der Waals surface area (Å²) in [5.74, 6) is 1.55. The van der Waals surface area contributed by atoms with E-state index in [1.165, 1.54) is 4.90 Å². The Morgan fingerprint density at radius 2 is 1.89 bits per heavy atom. The highest BCUT2D eigenvalue weighted by molar-refractivity contribution is 5.67. The number of anilines is 2. The van der Waals surface area contributed by atoms with Crippen molar-refractivity contribution in [3.8, 4) is 11.4 Å². The smallest absolute Gasteiger partial charge is 0.407 e. The number of amides is 1. The van der Waals surface area contributed by atoms with Gasteiger partial charge < -0.3 is 25.0 Å². The maximum absolute atomic E-state index is 11.4. The molecular formula is C19H23N5O3. The molecule has 27 heavy (non-hydrogen) atoms. The van der Waals surface area contributed by atoms with Gasteiger partial charge in [0, 0.05) is 43.5 Å². The van der Waals surface area contributed by atoms with E-state index in [4.69, 9.17) is 14.7 Å². The van der Waals surface area contributed by atoms with Gasteiger partial charge in [-0.3, -0.25) is 0 Å². The molecule has 4 rings (SSSR count). The van der Waals surface area contributed by atoms with E-state index in [0.29, 0.717) is 38.5 Å². The molecule has 2 aliphatic heterocycles. The summed E-state index contributed by atoms with van der Waals surface area (Å²) in [4.78, 5) is 24.7. The van der Waals surface area contributed by atoms with E-state index in [2.05, 4.69) is 10.2 Å². The van der Waals surface area contributed by atoms with E-state index in [1.54, 1.807) is 0 Å². The van der Waals surface area contributed by atoms with Gasteiger partial charge in [-0.1, -0.05) is 0 Å². The third-order valence-corrected chi connectivity index (χ3v) is 5.06. The van der Waals surface area contributed by atoms with Crippen molar-refractivity contribution in [1.82, 2.24) is 14.9 Å². The summed E-state index contributed by atoms with van der Waals surface area (Å²) in [6.07, 6.45) is -0.278. The Morgan fingerprint density at radius 1 is 1.15 bits per heavy atom. The summed E-state index contributed by atoms with van der Waals surface area (Å²) in [7, 11) is 1.88. The summed E-state index contributed by atoms with van der Waals surface area (Å²) in [6, 6.07) is 7.93. The maximum Gasteiger partial charge on any atom is 0.407 e. The van der Waals surface area contributed by atoms with Gasteiger partial charge in [0.25, 0.3) is 0 Å². The average Bonchev–Trinajstić information content (AvgIpc) is 2.73. The first-order valence-electron chi connectivity index (χ1n) is 9.14. The molecule has 1 aromatic heterocycles. The first-order chi connectivity index (χ1) is 13.2. The fourth-order valence-corrected chi connectivity index (χ4v) is 3.53. The topological polar surface area (TPSA) is 90.8 Å². The monoisotopic (exact) mass is 369 g/mol. The zero-order valence-electron chi connectivity index (χ0n) is 15.3. The van der Waals surface area contributed by atoms with Crippen molar-refractivity contribution in [3.05, 3.63) is 35.5 Å². The molecule has 0 saturated carbocycles. The van der Waals surface area contributed by atoms with Crippen LogP contribution in [0.2, 0.25) is 0 Å². The molecule has 1 amide bonds. The van der Waals surface area contributed by atoms with Crippen molar-refractivity contribution >= 4 is 17.6 Å². The van der Waals surface area contributed by atoms with E-state index >= 15 is 0 Å². The van der Waals surface area contributed by atoms with Gasteiger partial charge in [-0.15, -0.1) is 0 Å². The summed E-state index contributed by atoms with van der Waals surface area (Å²) in [5, 5.41) is 12.5. The number of benzene rings is 1. The molecule has 3 heterocycles. The van der Waals surface area contributed by atoms with Crippen LogP contribution in [-0.2, 0) is 17.7 Å². The van der Waals surface area contributed by atoms with Crippen LogP contribution in [0.5, 0.6) is 0 Å². The van der Waals surface area contributed by atoms with E-state index in [9.17, 15) is 9.90 Å². The predicted molar refractivity (Wildman–Crippen MR) is 102 cm³/mol. The molecule has 8 heteroatoms. The Balaban J connectivity index is 1.77. The zero-order chi connectivity index (χ0) is 18.8. The Labute approximate surface area is 157 Å². The molecule has 2 aromatic rings. The van der Waals surface area contributed by atoms with Crippen LogP contribution < -0.4 is 10.2 Å². The molecule has 142 valence electrons. The van der Waals surface area contributed by atoms with Crippen LogP contribution >= 0.6 is 0 Å². The minimum atomic E-state index is -0.910. The Hall–Kier alpha value is -2.87. The van der Waals surface area contributed by atoms with Gasteiger partial charge >= 0.3 is 6.09 Å². The van der Waals surface area contributed by atoms with Crippen molar-refractivity contribution in [2.75, 3.05) is 50.1 Å². The van der Waals surface area contributed by atoms with E-state index in [-0.39, 0.29) is 0 Å². The Kier molecular flexibility index (Phi) is 4.81. The van der Waals surface area contributed by atoms with E-state index in [0.717, 1.165) is 41.4 Å². The minimum absolute atomic E-state index is 0.298. The molecule has 2 aliphatic rings. The normalized spacial score (nSPS) is 16.8. The van der Waals surface area contributed by atoms with Crippen LogP contribution in [0.15, 0.2) is 24.3 Å². The first kappa shape index (κ1) is 17.5. The molecule has 1 fully saturated rings. The molecule has 8 nitrogen and oxygen atoms in total. The SMILES string of the molecule is CNc1ccc(-c2nc3c(c(N4CCOCC4)n2)CCN(C(=O)O)C3)cc1. The second-order valence-electron chi connectivity index (χ2n) is 6.68. The molecule has 0 bridgehead atoms.